The molecule has 0 aromatic carbocycles. The summed E-state index contributed by atoms with van der Waals surface area (Å²) in [7, 11) is 0. The van der Waals surface area contributed by atoms with Gasteiger partial charge in [-0.05, 0) is 31.6 Å². The van der Waals surface area contributed by atoms with Crippen LogP contribution in [0.1, 0.15) is 39.0 Å². The molecule has 0 unspecified atom stereocenters. The molecular weight excluding hydrogens is 230 g/mol. The standard InChI is InChI=1S/C10H18BrNO/c1-8-2-4-9(5-3-8)12-10(13)6-7-11/h8-9H,2-7H2,1H3,(H,12,13). The molecule has 1 fully saturated rings. The fraction of sp³-hybridized carbons (Fsp3) is 0.900. The molecule has 13 heavy (non-hydrogen) atoms. The second-order valence-corrected chi connectivity index (χ2v) is 4.76. The Bertz CT molecular complexity index is 164. The van der Waals surface area contributed by atoms with E-state index in [4.69, 9.17) is 0 Å². The summed E-state index contributed by atoms with van der Waals surface area (Å²) < 4.78 is 0. The molecule has 3 heteroatoms. The molecule has 1 rings (SSSR count). The number of carbonyl (C=O) groups is 1. The van der Waals surface area contributed by atoms with Gasteiger partial charge < -0.3 is 5.32 Å². The van der Waals surface area contributed by atoms with E-state index in [0.29, 0.717) is 12.5 Å². The minimum Gasteiger partial charge on any atom is -0.353 e. The van der Waals surface area contributed by atoms with Gasteiger partial charge in [0.1, 0.15) is 0 Å². The van der Waals surface area contributed by atoms with Crippen LogP contribution in [0.3, 0.4) is 0 Å². The lowest BCUT2D eigenvalue weighted by molar-refractivity contribution is -0.121. The lowest BCUT2D eigenvalue weighted by Gasteiger charge is -2.26. The van der Waals surface area contributed by atoms with Gasteiger partial charge in [-0.1, -0.05) is 22.9 Å². The first kappa shape index (κ1) is 11.0. The molecule has 1 aliphatic carbocycles. The zero-order chi connectivity index (χ0) is 9.68. The Hall–Kier alpha value is -0.0500. The van der Waals surface area contributed by atoms with Gasteiger partial charge >= 0.3 is 0 Å². The predicted molar refractivity (Wildman–Crippen MR) is 58.0 cm³/mol. The van der Waals surface area contributed by atoms with Crippen molar-refractivity contribution in [2.24, 2.45) is 5.92 Å². The molecule has 0 atom stereocenters. The number of nitrogens with one attached hydrogen (secondary N) is 1. The van der Waals surface area contributed by atoms with Crippen molar-refractivity contribution in [3.63, 3.8) is 0 Å². The second kappa shape index (κ2) is 5.63. The summed E-state index contributed by atoms with van der Waals surface area (Å²) in [5.41, 5.74) is 0. The van der Waals surface area contributed by atoms with Crippen molar-refractivity contribution < 1.29 is 4.79 Å². The van der Waals surface area contributed by atoms with Crippen molar-refractivity contribution >= 4 is 21.8 Å². The molecule has 0 bridgehead atoms. The highest BCUT2D eigenvalue weighted by atomic mass is 79.9. The van der Waals surface area contributed by atoms with Gasteiger partial charge in [0.2, 0.25) is 5.91 Å². The van der Waals surface area contributed by atoms with Crippen molar-refractivity contribution in [2.45, 2.75) is 45.1 Å². The van der Waals surface area contributed by atoms with E-state index in [1.807, 2.05) is 0 Å². The Morgan fingerprint density at radius 2 is 2.00 bits per heavy atom. The average molecular weight is 248 g/mol. The third-order valence-corrected chi connectivity index (χ3v) is 3.10. The van der Waals surface area contributed by atoms with Gasteiger partial charge in [0.25, 0.3) is 0 Å². The quantitative estimate of drug-likeness (QED) is 0.764. The van der Waals surface area contributed by atoms with Gasteiger partial charge in [-0.15, -0.1) is 0 Å². The lowest BCUT2D eigenvalue weighted by Crippen LogP contribution is -2.37. The molecule has 0 radical (unpaired) electrons. The lowest BCUT2D eigenvalue weighted by atomic mass is 9.87. The highest BCUT2D eigenvalue weighted by molar-refractivity contribution is 9.09. The molecule has 1 aliphatic rings. The van der Waals surface area contributed by atoms with Gasteiger partial charge in [0.15, 0.2) is 0 Å². The highest BCUT2D eigenvalue weighted by Gasteiger charge is 2.19. The van der Waals surface area contributed by atoms with E-state index in [9.17, 15) is 4.79 Å². The summed E-state index contributed by atoms with van der Waals surface area (Å²) in [5, 5.41) is 3.84. The SMILES string of the molecule is CC1CCC(NC(=O)CCBr)CC1. The normalized spacial score (nSPS) is 28.5. The van der Waals surface area contributed by atoms with Crippen molar-refractivity contribution in [3.8, 4) is 0 Å². The Morgan fingerprint density at radius 3 is 2.54 bits per heavy atom. The Kier molecular flexibility index (Phi) is 4.78. The minimum atomic E-state index is 0.191. The van der Waals surface area contributed by atoms with E-state index < -0.39 is 0 Å². The summed E-state index contributed by atoms with van der Waals surface area (Å²) in [4.78, 5) is 11.3. The van der Waals surface area contributed by atoms with Crippen LogP contribution in [0.2, 0.25) is 0 Å². The van der Waals surface area contributed by atoms with Crippen molar-refractivity contribution in [3.05, 3.63) is 0 Å². The maximum Gasteiger partial charge on any atom is 0.221 e. The molecule has 0 aliphatic heterocycles. The van der Waals surface area contributed by atoms with Crippen LogP contribution in [-0.2, 0) is 4.79 Å². The van der Waals surface area contributed by atoms with Gasteiger partial charge in [0.05, 0.1) is 0 Å². The number of rotatable bonds is 3. The van der Waals surface area contributed by atoms with Crippen LogP contribution < -0.4 is 5.32 Å². The largest absolute Gasteiger partial charge is 0.353 e. The average Bonchev–Trinajstić information content (AvgIpc) is 2.09. The summed E-state index contributed by atoms with van der Waals surface area (Å²) in [6.45, 7) is 2.29. The first-order valence-corrected chi connectivity index (χ1v) is 6.20. The topological polar surface area (TPSA) is 29.1 Å². The van der Waals surface area contributed by atoms with Crippen molar-refractivity contribution in [2.75, 3.05) is 5.33 Å². The van der Waals surface area contributed by atoms with Crippen LogP contribution in [0.25, 0.3) is 0 Å². The maximum absolute atomic E-state index is 11.3. The van der Waals surface area contributed by atoms with Gasteiger partial charge in [-0.25, -0.2) is 0 Å². The number of amides is 1. The van der Waals surface area contributed by atoms with Crippen LogP contribution in [0.15, 0.2) is 0 Å². The van der Waals surface area contributed by atoms with Gasteiger partial charge in [-0.2, -0.15) is 0 Å². The summed E-state index contributed by atoms with van der Waals surface area (Å²) >= 11 is 3.26. The minimum absolute atomic E-state index is 0.191. The summed E-state index contributed by atoms with van der Waals surface area (Å²) in [5.74, 6) is 1.04. The number of hydrogen-bond donors (Lipinski definition) is 1. The Morgan fingerprint density at radius 1 is 1.38 bits per heavy atom. The molecular formula is C10H18BrNO. The molecule has 1 amide bonds. The van der Waals surface area contributed by atoms with Crippen LogP contribution in [0, 0.1) is 5.92 Å². The highest BCUT2D eigenvalue weighted by Crippen LogP contribution is 2.23. The first-order valence-electron chi connectivity index (χ1n) is 5.07. The number of carbonyl (C=O) groups excluding carboxylic acids is 1. The van der Waals surface area contributed by atoms with E-state index in [1.165, 1.54) is 12.8 Å². The zero-order valence-corrected chi connectivity index (χ0v) is 9.77. The van der Waals surface area contributed by atoms with E-state index in [-0.39, 0.29) is 5.91 Å². The van der Waals surface area contributed by atoms with Gasteiger partial charge in [0, 0.05) is 17.8 Å². The number of alkyl halides is 1. The smallest absolute Gasteiger partial charge is 0.221 e. The first-order chi connectivity index (χ1) is 6.22. The molecule has 0 spiro atoms. The fourth-order valence-corrected chi connectivity index (χ4v) is 2.15. The van der Waals surface area contributed by atoms with Crippen molar-refractivity contribution in [1.82, 2.24) is 5.32 Å². The van der Waals surface area contributed by atoms with Gasteiger partial charge in [-0.3, -0.25) is 4.79 Å². The van der Waals surface area contributed by atoms with Crippen molar-refractivity contribution in [1.29, 1.82) is 0 Å². The molecule has 0 heterocycles. The molecule has 0 aromatic rings. The third kappa shape index (κ3) is 4.12. The zero-order valence-electron chi connectivity index (χ0n) is 8.18. The Labute approximate surface area is 88.6 Å². The van der Waals surface area contributed by atoms with E-state index in [1.54, 1.807) is 0 Å². The van der Waals surface area contributed by atoms with E-state index in [2.05, 4.69) is 28.2 Å². The van der Waals surface area contributed by atoms with Crippen LogP contribution in [0.4, 0.5) is 0 Å². The second-order valence-electron chi connectivity index (χ2n) is 3.96. The molecule has 2 nitrogen and oxygen atoms in total. The third-order valence-electron chi connectivity index (χ3n) is 2.70. The molecule has 0 saturated heterocycles. The van der Waals surface area contributed by atoms with Crippen LogP contribution in [-0.4, -0.2) is 17.3 Å². The van der Waals surface area contributed by atoms with Crippen LogP contribution >= 0.6 is 15.9 Å². The monoisotopic (exact) mass is 247 g/mol. The Balaban J connectivity index is 2.18. The number of hydrogen-bond acceptors (Lipinski definition) is 1. The summed E-state index contributed by atoms with van der Waals surface area (Å²) in [6, 6.07) is 0.447. The fourth-order valence-electron chi connectivity index (χ4n) is 1.79. The summed E-state index contributed by atoms with van der Waals surface area (Å²) in [6.07, 6.45) is 5.45. The maximum atomic E-state index is 11.3. The molecule has 1 saturated carbocycles. The van der Waals surface area contributed by atoms with E-state index in [0.717, 1.165) is 24.1 Å². The van der Waals surface area contributed by atoms with E-state index >= 15 is 0 Å². The van der Waals surface area contributed by atoms with Crippen LogP contribution in [0.5, 0.6) is 0 Å². The number of halogens is 1. The predicted octanol–water partition coefficient (Wildman–Crippen LogP) is 2.47. The molecule has 1 N–H and O–H groups in total. The molecule has 0 aromatic heterocycles. The molecule has 76 valence electrons.